The number of ether oxygens (including phenoxy) is 1. The molecule has 0 amide bonds. The molecule has 0 fully saturated rings. The van der Waals surface area contributed by atoms with Crippen molar-refractivity contribution >= 4 is 45.8 Å². The number of esters is 1. The molecule has 3 nitrogen and oxygen atoms in total. The van der Waals surface area contributed by atoms with Gasteiger partial charge in [0.25, 0.3) is 0 Å². The van der Waals surface area contributed by atoms with Crippen LogP contribution in [0.15, 0.2) is 29.8 Å². The number of methoxy groups -OCH3 is 1. The zero-order valence-electron chi connectivity index (χ0n) is 9.59. The Morgan fingerprint density at radius 1 is 1.59 bits per heavy atom. The average Bonchev–Trinajstić information content (AvgIpc) is 2.30. The van der Waals surface area contributed by atoms with E-state index < -0.39 is 0 Å². The first-order valence-corrected chi connectivity index (χ1v) is 6.44. The normalized spacial score (nSPS) is 11.2. The molecule has 1 aromatic rings. The molecule has 0 saturated heterocycles. The van der Waals surface area contributed by atoms with Crippen LogP contribution in [0.25, 0.3) is 0 Å². The van der Waals surface area contributed by atoms with Gasteiger partial charge in [0.1, 0.15) is 0 Å². The Morgan fingerprint density at radius 2 is 2.29 bits per heavy atom. The van der Waals surface area contributed by atoms with Crippen molar-refractivity contribution in [2.75, 3.05) is 19.0 Å². The van der Waals surface area contributed by atoms with Gasteiger partial charge < -0.3 is 10.1 Å². The predicted molar refractivity (Wildman–Crippen MR) is 78.4 cm³/mol. The predicted octanol–water partition coefficient (Wildman–Crippen LogP) is 3.48. The van der Waals surface area contributed by atoms with Crippen molar-refractivity contribution in [3.05, 3.63) is 38.4 Å². The number of carbonyl (C=O) groups is 1. The zero-order chi connectivity index (χ0) is 12.8. The van der Waals surface area contributed by atoms with Crippen LogP contribution in [0.5, 0.6) is 0 Å². The molecule has 0 spiro atoms. The molecule has 0 aliphatic heterocycles. The zero-order valence-corrected chi connectivity index (χ0v) is 12.5. The fourth-order valence-electron chi connectivity index (χ4n) is 1.19. The molecule has 1 rings (SSSR count). The summed E-state index contributed by atoms with van der Waals surface area (Å²) in [6.07, 6.45) is 1.79. The van der Waals surface area contributed by atoms with E-state index >= 15 is 0 Å². The third-order valence-corrected chi connectivity index (χ3v) is 3.27. The van der Waals surface area contributed by atoms with Crippen molar-refractivity contribution in [3.63, 3.8) is 0 Å². The summed E-state index contributed by atoms with van der Waals surface area (Å²) in [7, 11) is 1.37. The van der Waals surface area contributed by atoms with E-state index in [2.05, 4.69) is 32.6 Å². The van der Waals surface area contributed by atoms with Gasteiger partial charge in [-0.15, -0.1) is 0 Å². The molecule has 0 bridgehead atoms. The quantitative estimate of drug-likeness (QED) is 0.504. The lowest BCUT2D eigenvalue weighted by atomic mass is 10.2. The molecular formula is C12H13ClINO2. The second-order valence-electron chi connectivity index (χ2n) is 3.38. The molecule has 17 heavy (non-hydrogen) atoms. The van der Waals surface area contributed by atoms with Crippen molar-refractivity contribution < 1.29 is 9.53 Å². The lowest BCUT2D eigenvalue weighted by Crippen LogP contribution is -2.06. The summed E-state index contributed by atoms with van der Waals surface area (Å²) in [5.41, 5.74) is 1.58. The Kier molecular flexibility index (Phi) is 5.77. The van der Waals surface area contributed by atoms with Gasteiger partial charge in [-0.3, -0.25) is 0 Å². The maximum Gasteiger partial charge on any atom is 0.333 e. The first-order chi connectivity index (χ1) is 8.04. The Balaban J connectivity index is 2.59. The highest BCUT2D eigenvalue weighted by atomic mass is 127. The van der Waals surface area contributed by atoms with E-state index in [0.717, 1.165) is 9.26 Å². The largest absolute Gasteiger partial charge is 0.466 e. The summed E-state index contributed by atoms with van der Waals surface area (Å²) in [4.78, 5) is 11.1. The van der Waals surface area contributed by atoms with Gasteiger partial charge >= 0.3 is 5.97 Å². The van der Waals surface area contributed by atoms with Gasteiger partial charge in [0.15, 0.2) is 0 Å². The van der Waals surface area contributed by atoms with Crippen LogP contribution < -0.4 is 5.32 Å². The molecule has 1 aromatic carbocycles. The third-order valence-electron chi connectivity index (χ3n) is 2.14. The first kappa shape index (κ1) is 14.3. The van der Waals surface area contributed by atoms with Crippen LogP contribution in [0.4, 0.5) is 5.69 Å². The van der Waals surface area contributed by atoms with Gasteiger partial charge in [-0.05, 0) is 47.7 Å². The number of rotatable bonds is 4. The van der Waals surface area contributed by atoms with Crippen molar-refractivity contribution in [2.24, 2.45) is 0 Å². The van der Waals surface area contributed by atoms with Crippen molar-refractivity contribution in [1.82, 2.24) is 0 Å². The standard InChI is InChI=1S/C12H13ClINO2/c1-8(12(16)17-2)5-6-15-11-4-3-9(13)7-10(11)14/h3-5,7,15H,6H2,1-2H3/b8-5+. The monoisotopic (exact) mass is 365 g/mol. The fourth-order valence-corrected chi connectivity index (χ4v) is 2.25. The van der Waals surface area contributed by atoms with Crippen LogP contribution in [0, 0.1) is 3.57 Å². The first-order valence-electron chi connectivity index (χ1n) is 4.98. The van der Waals surface area contributed by atoms with Crippen molar-refractivity contribution in [1.29, 1.82) is 0 Å². The summed E-state index contributed by atoms with van der Waals surface area (Å²) in [5.74, 6) is -0.308. The van der Waals surface area contributed by atoms with Gasteiger partial charge in [0.2, 0.25) is 0 Å². The van der Waals surface area contributed by atoms with E-state index in [1.54, 1.807) is 13.0 Å². The molecule has 1 N–H and O–H groups in total. The van der Waals surface area contributed by atoms with Crippen LogP contribution in [-0.2, 0) is 9.53 Å². The van der Waals surface area contributed by atoms with E-state index in [1.165, 1.54) is 7.11 Å². The van der Waals surface area contributed by atoms with Crippen molar-refractivity contribution in [3.8, 4) is 0 Å². The number of hydrogen-bond donors (Lipinski definition) is 1. The number of carbonyl (C=O) groups excluding carboxylic acids is 1. The van der Waals surface area contributed by atoms with Gasteiger partial charge in [-0.1, -0.05) is 17.7 Å². The summed E-state index contributed by atoms with van der Waals surface area (Å²) in [5, 5.41) is 3.91. The Hall–Kier alpha value is -0.750. The maximum atomic E-state index is 11.1. The lowest BCUT2D eigenvalue weighted by Gasteiger charge is -2.07. The Morgan fingerprint density at radius 3 is 2.88 bits per heavy atom. The number of anilines is 1. The summed E-state index contributed by atoms with van der Waals surface area (Å²) >= 11 is 8.06. The molecule has 0 radical (unpaired) electrons. The Bertz CT molecular complexity index is 446. The third kappa shape index (κ3) is 4.55. The summed E-state index contributed by atoms with van der Waals surface area (Å²) in [6.45, 7) is 2.29. The van der Waals surface area contributed by atoms with Gasteiger partial charge in [0, 0.05) is 26.4 Å². The number of benzene rings is 1. The molecule has 0 atom stereocenters. The van der Waals surface area contributed by atoms with E-state index in [4.69, 9.17) is 11.6 Å². The van der Waals surface area contributed by atoms with Crippen LogP contribution in [0.2, 0.25) is 5.02 Å². The number of hydrogen-bond acceptors (Lipinski definition) is 3. The highest BCUT2D eigenvalue weighted by molar-refractivity contribution is 14.1. The highest BCUT2D eigenvalue weighted by Crippen LogP contribution is 2.22. The SMILES string of the molecule is COC(=O)/C(C)=C/CNc1ccc(Cl)cc1I. The van der Waals surface area contributed by atoms with Gasteiger partial charge in [-0.25, -0.2) is 4.79 Å². The maximum absolute atomic E-state index is 11.1. The van der Waals surface area contributed by atoms with Crippen LogP contribution in [0.3, 0.4) is 0 Å². The van der Waals surface area contributed by atoms with Crippen LogP contribution >= 0.6 is 34.2 Å². The number of nitrogens with one attached hydrogen (secondary N) is 1. The van der Waals surface area contributed by atoms with E-state index in [-0.39, 0.29) is 5.97 Å². The number of halogens is 2. The molecule has 0 saturated carbocycles. The molecule has 0 aromatic heterocycles. The second kappa shape index (κ2) is 6.86. The molecule has 0 aliphatic carbocycles. The molecule has 0 unspecified atom stereocenters. The van der Waals surface area contributed by atoms with E-state index in [0.29, 0.717) is 17.1 Å². The minimum absolute atomic E-state index is 0.308. The fraction of sp³-hybridized carbons (Fsp3) is 0.250. The van der Waals surface area contributed by atoms with Gasteiger partial charge in [-0.2, -0.15) is 0 Å². The molecule has 0 heterocycles. The minimum Gasteiger partial charge on any atom is -0.466 e. The van der Waals surface area contributed by atoms with Gasteiger partial charge in [0.05, 0.1) is 7.11 Å². The summed E-state index contributed by atoms with van der Waals surface area (Å²) in [6, 6.07) is 5.61. The molecule has 92 valence electrons. The minimum atomic E-state index is -0.308. The van der Waals surface area contributed by atoms with Crippen LogP contribution in [0.1, 0.15) is 6.92 Å². The topological polar surface area (TPSA) is 38.3 Å². The molecular weight excluding hydrogens is 352 g/mol. The van der Waals surface area contributed by atoms with Crippen LogP contribution in [-0.4, -0.2) is 19.6 Å². The highest BCUT2D eigenvalue weighted by Gasteiger charge is 2.02. The smallest absolute Gasteiger partial charge is 0.333 e. The molecule has 5 heteroatoms. The Labute approximate surface area is 119 Å². The van der Waals surface area contributed by atoms with E-state index in [9.17, 15) is 4.79 Å². The second-order valence-corrected chi connectivity index (χ2v) is 4.98. The average molecular weight is 366 g/mol. The molecule has 0 aliphatic rings. The summed E-state index contributed by atoms with van der Waals surface area (Å²) < 4.78 is 5.64. The van der Waals surface area contributed by atoms with Crippen molar-refractivity contribution in [2.45, 2.75) is 6.92 Å². The van der Waals surface area contributed by atoms with E-state index in [1.807, 2.05) is 18.2 Å². The lowest BCUT2D eigenvalue weighted by molar-refractivity contribution is -0.136.